The Balaban J connectivity index is 1.68. The minimum Gasteiger partial charge on any atom is -0.481 e. The molecule has 0 fully saturated rings. The van der Waals surface area contributed by atoms with Crippen LogP contribution in [0.25, 0.3) is 10.9 Å². The molecule has 1 aromatic carbocycles. The molecule has 3 aromatic rings. The number of hydrogen-bond acceptors (Lipinski definition) is 4. The predicted molar refractivity (Wildman–Crippen MR) is 88.5 cm³/mol. The standard InChI is InChI=1S/C17H20N4O/c1-3-15-20-16(10-17(21-15)22-2)18-9-8-12-11-19-14-7-5-4-6-13(12)14/h4-7,10-11,19H,3,8-9H2,1-2H3,(H,18,20,21). The number of para-hydroxylation sites is 1. The Morgan fingerprint density at radius 3 is 2.91 bits per heavy atom. The molecule has 0 aliphatic rings. The quantitative estimate of drug-likeness (QED) is 0.733. The number of aromatic nitrogens is 3. The van der Waals surface area contributed by atoms with Crippen LogP contribution in [0.4, 0.5) is 5.82 Å². The lowest BCUT2D eigenvalue weighted by Gasteiger charge is -2.08. The third-order valence-electron chi connectivity index (χ3n) is 3.65. The summed E-state index contributed by atoms with van der Waals surface area (Å²) in [5.74, 6) is 2.19. The van der Waals surface area contributed by atoms with Crippen LogP contribution >= 0.6 is 0 Å². The van der Waals surface area contributed by atoms with Crippen molar-refractivity contribution in [2.45, 2.75) is 19.8 Å². The number of hydrogen-bond donors (Lipinski definition) is 2. The first-order chi connectivity index (χ1) is 10.8. The largest absolute Gasteiger partial charge is 0.481 e. The van der Waals surface area contributed by atoms with Crippen molar-refractivity contribution in [2.75, 3.05) is 19.0 Å². The van der Waals surface area contributed by atoms with Crippen LogP contribution in [0.5, 0.6) is 5.88 Å². The molecule has 0 atom stereocenters. The van der Waals surface area contributed by atoms with Crippen molar-refractivity contribution in [3.63, 3.8) is 0 Å². The molecule has 2 N–H and O–H groups in total. The van der Waals surface area contributed by atoms with Crippen molar-refractivity contribution in [3.8, 4) is 5.88 Å². The van der Waals surface area contributed by atoms with Crippen molar-refractivity contribution >= 4 is 16.7 Å². The summed E-state index contributed by atoms with van der Waals surface area (Å²) in [6.07, 6.45) is 3.79. The van der Waals surface area contributed by atoms with Crippen LogP contribution in [-0.4, -0.2) is 28.6 Å². The van der Waals surface area contributed by atoms with Gasteiger partial charge in [-0.1, -0.05) is 25.1 Å². The molecular formula is C17H20N4O. The second kappa shape index (κ2) is 6.47. The zero-order valence-corrected chi connectivity index (χ0v) is 12.9. The average molecular weight is 296 g/mol. The van der Waals surface area contributed by atoms with E-state index in [1.165, 1.54) is 16.5 Å². The van der Waals surface area contributed by atoms with Gasteiger partial charge in [0.25, 0.3) is 0 Å². The SMILES string of the molecule is CCc1nc(NCCc2c[nH]c3ccccc23)cc(OC)n1. The molecule has 5 heteroatoms. The Labute approximate surface area is 129 Å². The smallest absolute Gasteiger partial charge is 0.218 e. The first kappa shape index (κ1) is 14.4. The summed E-state index contributed by atoms with van der Waals surface area (Å²) in [6, 6.07) is 10.2. The van der Waals surface area contributed by atoms with Gasteiger partial charge in [0.15, 0.2) is 0 Å². The van der Waals surface area contributed by atoms with Crippen LogP contribution in [0.3, 0.4) is 0 Å². The van der Waals surface area contributed by atoms with E-state index in [0.29, 0.717) is 5.88 Å². The second-order valence-electron chi connectivity index (χ2n) is 5.10. The average Bonchev–Trinajstić information content (AvgIpc) is 2.98. The van der Waals surface area contributed by atoms with Gasteiger partial charge in [-0.3, -0.25) is 0 Å². The van der Waals surface area contributed by atoms with Gasteiger partial charge < -0.3 is 15.0 Å². The predicted octanol–water partition coefficient (Wildman–Crippen LogP) is 3.18. The van der Waals surface area contributed by atoms with Crippen molar-refractivity contribution in [1.82, 2.24) is 15.0 Å². The number of anilines is 1. The molecule has 0 aliphatic heterocycles. The van der Waals surface area contributed by atoms with Crippen LogP contribution in [0.15, 0.2) is 36.5 Å². The van der Waals surface area contributed by atoms with Gasteiger partial charge in [-0.15, -0.1) is 0 Å². The maximum absolute atomic E-state index is 5.21. The van der Waals surface area contributed by atoms with E-state index in [-0.39, 0.29) is 0 Å². The number of benzene rings is 1. The minimum absolute atomic E-state index is 0.599. The molecule has 114 valence electrons. The highest BCUT2D eigenvalue weighted by Gasteiger charge is 2.05. The van der Waals surface area contributed by atoms with Gasteiger partial charge in [0.1, 0.15) is 11.6 Å². The lowest BCUT2D eigenvalue weighted by molar-refractivity contribution is 0.395. The molecule has 0 aliphatic carbocycles. The molecule has 0 bridgehead atoms. The van der Waals surface area contributed by atoms with E-state index < -0.39 is 0 Å². The summed E-state index contributed by atoms with van der Waals surface area (Å²) >= 11 is 0. The number of nitrogens with one attached hydrogen (secondary N) is 2. The third-order valence-corrected chi connectivity index (χ3v) is 3.65. The van der Waals surface area contributed by atoms with E-state index >= 15 is 0 Å². The Bertz CT molecular complexity index is 744. The first-order valence-electron chi connectivity index (χ1n) is 7.51. The van der Waals surface area contributed by atoms with Gasteiger partial charge >= 0.3 is 0 Å². The van der Waals surface area contributed by atoms with Crippen molar-refractivity contribution < 1.29 is 4.74 Å². The van der Waals surface area contributed by atoms with Crippen molar-refractivity contribution in [3.05, 3.63) is 47.9 Å². The molecule has 0 spiro atoms. The molecule has 0 amide bonds. The molecule has 2 aromatic heterocycles. The molecule has 0 unspecified atom stereocenters. The number of nitrogens with zero attached hydrogens (tertiary/aromatic N) is 2. The van der Waals surface area contributed by atoms with E-state index in [1.54, 1.807) is 7.11 Å². The molecule has 0 radical (unpaired) electrons. The molecule has 3 rings (SSSR count). The zero-order chi connectivity index (χ0) is 15.4. The number of fused-ring (bicyclic) bond motifs is 1. The Morgan fingerprint density at radius 1 is 1.23 bits per heavy atom. The van der Waals surface area contributed by atoms with Crippen molar-refractivity contribution in [1.29, 1.82) is 0 Å². The van der Waals surface area contributed by atoms with E-state index in [9.17, 15) is 0 Å². The van der Waals surface area contributed by atoms with Crippen LogP contribution in [0, 0.1) is 0 Å². The maximum atomic E-state index is 5.21. The first-order valence-corrected chi connectivity index (χ1v) is 7.51. The number of H-pyrrole nitrogens is 1. The van der Waals surface area contributed by atoms with E-state index in [4.69, 9.17) is 4.74 Å². The van der Waals surface area contributed by atoms with E-state index in [1.807, 2.05) is 19.1 Å². The van der Waals surface area contributed by atoms with Gasteiger partial charge in [-0.25, -0.2) is 4.98 Å². The molecule has 22 heavy (non-hydrogen) atoms. The second-order valence-corrected chi connectivity index (χ2v) is 5.10. The number of ether oxygens (including phenoxy) is 1. The monoisotopic (exact) mass is 296 g/mol. The van der Waals surface area contributed by atoms with Crippen LogP contribution in [0.2, 0.25) is 0 Å². The van der Waals surface area contributed by atoms with Crippen molar-refractivity contribution in [2.24, 2.45) is 0 Å². The molecule has 2 heterocycles. The number of aryl methyl sites for hydroxylation is 1. The summed E-state index contributed by atoms with van der Waals surface area (Å²) in [5.41, 5.74) is 2.48. The summed E-state index contributed by atoms with van der Waals surface area (Å²) in [6.45, 7) is 2.84. The number of methoxy groups -OCH3 is 1. The number of aromatic amines is 1. The fraction of sp³-hybridized carbons (Fsp3) is 0.294. The zero-order valence-electron chi connectivity index (χ0n) is 12.9. The van der Waals surface area contributed by atoms with Crippen LogP contribution in [-0.2, 0) is 12.8 Å². The summed E-state index contributed by atoms with van der Waals surface area (Å²) in [4.78, 5) is 12.1. The topological polar surface area (TPSA) is 62.8 Å². The lowest BCUT2D eigenvalue weighted by Crippen LogP contribution is -2.08. The van der Waals surface area contributed by atoms with Crippen LogP contribution in [0.1, 0.15) is 18.3 Å². The third kappa shape index (κ3) is 3.03. The normalized spacial score (nSPS) is 10.8. The Kier molecular flexibility index (Phi) is 4.23. The highest BCUT2D eigenvalue weighted by molar-refractivity contribution is 5.83. The highest BCUT2D eigenvalue weighted by Crippen LogP contribution is 2.18. The minimum atomic E-state index is 0.599. The van der Waals surface area contributed by atoms with Gasteiger partial charge in [-0.05, 0) is 18.1 Å². The fourth-order valence-corrected chi connectivity index (χ4v) is 2.49. The van der Waals surface area contributed by atoms with Gasteiger partial charge in [0, 0.05) is 36.1 Å². The molecular weight excluding hydrogens is 276 g/mol. The molecule has 5 nitrogen and oxygen atoms in total. The van der Waals surface area contributed by atoms with Gasteiger partial charge in [0.05, 0.1) is 7.11 Å². The van der Waals surface area contributed by atoms with Gasteiger partial charge in [-0.2, -0.15) is 4.98 Å². The van der Waals surface area contributed by atoms with E-state index in [0.717, 1.165) is 31.0 Å². The Morgan fingerprint density at radius 2 is 2.09 bits per heavy atom. The molecule has 0 saturated carbocycles. The lowest BCUT2D eigenvalue weighted by atomic mass is 10.1. The maximum Gasteiger partial charge on any atom is 0.218 e. The fourth-order valence-electron chi connectivity index (χ4n) is 2.49. The highest BCUT2D eigenvalue weighted by atomic mass is 16.5. The Hall–Kier alpha value is -2.56. The molecule has 0 saturated heterocycles. The van der Waals surface area contributed by atoms with E-state index in [2.05, 4.69) is 44.7 Å². The summed E-state index contributed by atoms with van der Waals surface area (Å²) < 4.78 is 5.21. The summed E-state index contributed by atoms with van der Waals surface area (Å²) in [5, 5.41) is 4.63. The number of rotatable bonds is 6. The van der Waals surface area contributed by atoms with Crippen LogP contribution < -0.4 is 10.1 Å². The van der Waals surface area contributed by atoms with Gasteiger partial charge in [0.2, 0.25) is 5.88 Å². The summed E-state index contributed by atoms with van der Waals surface area (Å²) in [7, 11) is 1.62.